The Morgan fingerprint density at radius 1 is 1.14 bits per heavy atom. The van der Waals surface area contributed by atoms with E-state index in [1.807, 2.05) is 24.3 Å². The fourth-order valence-electron chi connectivity index (χ4n) is 3.70. The number of anilines is 2. The van der Waals surface area contributed by atoms with Crippen LogP contribution >= 0.6 is 0 Å². The Morgan fingerprint density at radius 2 is 1.89 bits per heavy atom. The van der Waals surface area contributed by atoms with E-state index in [-0.39, 0.29) is 17.4 Å². The Labute approximate surface area is 214 Å². The number of aromatic amines is 1. The van der Waals surface area contributed by atoms with Crippen molar-refractivity contribution >= 4 is 17.7 Å². The number of halogens is 1. The zero-order valence-electron chi connectivity index (χ0n) is 20.4. The molecule has 0 aliphatic carbocycles. The van der Waals surface area contributed by atoms with Crippen molar-refractivity contribution in [1.82, 2.24) is 14.9 Å². The van der Waals surface area contributed by atoms with Gasteiger partial charge >= 0.3 is 6.03 Å². The van der Waals surface area contributed by atoms with E-state index in [0.717, 1.165) is 38.0 Å². The summed E-state index contributed by atoms with van der Waals surface area (Å²) in [6.45, 7) is 1.96. The molecule has 5 N–H and O–H groups in total. The zero-order chi connectivity index (χ0) is 26.5. The van der Waals surface area contributed by atoms with Crippen molar-refractivity contribution < 1.29 is 13.9 Å². The highest BCUT2D eigenvalue weighted by molar-refractivity contribution is 5.99. The summed E-state index contributed by atoms with van der Waals surface area (Å²) >= 11 is 0. The summed E-state index contributed by atoms with van der Waals surface area (Å²) in [5, 5.41) is 13.8. The van der Waals surface area contributed by atoms with Gasteiger partial charge in [0.1, 0.15) is 5.75 Å². The molecule has 3 rings (SSSR count). The van der Waals surface area contributed by atoms with Crippen molar-refractivity contribution in [3.05, 3.63) is 70.6 Å². The van der Waals surface area contributed by atoms with Gasteiger partial charge in [0, 0.05) is 19.2 Å². The van der Waals surface area contributed by atoms with Gasteiger partial charge in [-0.25, -0.2) is 9.18 Å². The minimum Gasteiger partial charge on any atom is -0.461 e. The molecule has 3 aromatic rings. The predicted octanol–water partition coefficient (Wildman–Crippen LogP) is 3.84. The lowest BCUT2D eigenvalue weighted by atomic mass is 10.1. The quantitative estimate of drug-likeness (QED) is 0.257. The Hall–Kier alpha value is -4.27. The lowest BCUT2D eigenvalue weighted by molar-refractivity contribution is 0.192. The maximum atomic E-state index is 12.6. The summed E-state index contributed by atoms with van der Waals surface area (Å²) in [6.07, 6.45) is 3.68. The number of aromatic nitrogens is 2. The van der Waals surface area contributed by atoms with Crippen LogP contribution in [-0.2, 0) is 6.54 Å². The summed E-state index contributed by atoms with van der Waals surface area (Å²) in [7, 11) is 0. The second-order valence-electron chi connectivity index (χ2n) is 8.17. The molecule has 1 aromatic heterocycles. The van der Waals surface area contributed by atoms with Crippen LogP contribution in [0.5, 0.6) is 5.75 Å². The Balaban J connectivity index is 1.63. The number of alkyl halides is 1. The lowest BCUT2D eigenvalue weighted by Crippen LogP contribution is -2.27. The van der Waals surface area contributed by atoms with Gasteiger partial charge in [-0.15, -0.1) is 0 Å². The largest absolute Gasteiger partial charge is 0.461 e. The van der Waals surface area contributed by atoms with Crippen LogP contribution in [0, 0.1) is 11.3 Å². The third-order valence-corrected chi connectivity index (χ3v) is 5.49. The molecular weight excluding hydrogens is 477 g/mol. The molecule has 37 heavy (non-hydrogen) atoms. The predicted molar refractivity (Wildman–Crippen MR) is 140 cm³/mol. The molecule has 1 heterocycles. The summed E-state index contributed by atoms with van der Waals surface area (Å²) in [6, 6.07) is 15.5. The standard InChI is InChI=1S/C26H30FN7O3/c27-18-37-23-7-2-1-6-22(23)31-26(36)33-25-30-16-21(24(35)32-25)20-10-8-19(9-11-20)17-34(15-5-13-29)14-4-3-12-28/h1-2,6-11,16H,3-5,13-15,17-18,29H2,(H3,30,31,32,33,35,36). The fourth-order valence-corrected chi connectivity index (χ4v) is 3.70. The van der Waals surface area contributed by atoms with Crippen LogP contribution in [0.25, 0.3) is 11.1 Å². The van der Waals surface area contributed by atoms with Gasteiger partial charge in [-0.3, -0.25) is 15.0 Å². The minimum atomic E-state index is -1.04. The molecule has 194 valence electrons. The molecule has 0 unspecified atom stereocenters. The van der Waals surface area contributed by atoms with Gasteiger partial charge in [-0.2, -0.15) is 10.2 Å². The molecule has 0 aliphatic rings. The fraction of sp³-hybridized carbons (Fsp3) is 0.308. The van der Waals surface area contributed by atoms with Crippen LogP contribution in [0.2, 0.25) is 0 Å². The third-order valence-electron chi connectivity index (χ3n) is 5.49. The molecule has 0 bridgehead atoms. The average molecular weight is 508 g/mol. The van der Waals surface area contributed by atoms with Crippen molar-refractivity contribution in [3.63, 3.8) is 0 Å². The second-order valence-corrected chi connectivity index (χ2v) is 8.17. The molecule has 10 nitrogen and oxygen atoms in total. The first kappa shape index (κ1) is 27.3. The van der Waals surface area contributed by atoms with E-state index in [1.54, 1.807) is 18.2 Å². The van der Waals surface area contributed by atoms with E-state index < -0.39 is 18.5 Å². The number of nitrogens with one attached hydrogen (secondary N) is 3. The first-order valence-corrected chi connectivity index (χ1v) is 11.9. The lowest BCUT2D eigenvalue weighted by Gasteiger charge is -2.21. The van der Waals surface area contributed by atoms with E-state index in [0.29, 0.717) is 24.1 Å². The zero-order valence-corrected chi connectivity index (χ0v) is 20.4. The molecule has 11 heteroatoms. The van der Waals surface area contributed by atoms with E-state index in [4.69, 9.17) is 15.7 Å². The number of rotatable bonds is 13. The SMILES string of the molecule is N#CCCCN(CCCN)Cc1ccc(-c2c[nH]c(NC(=O)Nc3ccccc3OCF)nc2=O)cc1. The van der Waals surface area contributed by atoms with Crippen LogP contribution in [0.3, 0.4) is 0 Å². The number of nitriles is 1. The van der Waals surface area contributed by atoms with Crippen molar-refractivity contribution in [2.75, 3.05) is 37.1 Å². The van der Waals surface area contributed by atoms with Crippen LogP contribution in [0.1, 0.15) is 24.8 Å². The molecular formula is C26H30FN7O3. The Bertz CT molecular complexity index is 1260. The summed E-state index contributed by atoms with van der Waals surface area (Å²) < 4.78 is 17.4. The highest BCUT2D eigenvalue weighted by atomic mass is 19.1. The smallest absolute Gasteiger partial charge is 0.326 e. The van der Waals surface area contributed by atoms with Crippen LogP contribution in [0.15, 0.2) is 59.5 Å². The maximum absolute atomic E-state index is 12.6. The number of benzene rings is 2. The van der Waals surface area contributed by atoms with Crippen LogP contribution in [-0.4, -0.2) is 47.4 Å². The summed E-state index contributed by atoms with van der Waals surface area (Å²) in [5.74, 6) is 0.129. The summed E-state index contributed by atoms with van der Waals surface area (Å²) in [5.41, 5.74) is 7.52. The number of hydrogen-bond donors (Lipinski definition) is 4. The van der Waals surface area contributed by atoms with Crippen molar-refractivity contribution in [3.8, 4) is 22.9 Å². The summed E-state index contributed by atoms with van der Waals surface area (Å²) in [4.78, 5) is 33.9. The van der Waals surface area contributed by atoms with Gasteiger partial charge in [-0.1, -0.05) is 36.4 Å². The second kappa shape index (κ2) is 14.3. The molecule has 2 aromatic carbocycles. The molecule has 0 fully saturated rings. The Morgan fingerprint density at radius 3 is 2.59 bits per heavy atom. The first-order valence-electron chi connectivity index (χ1n) is 11.9. The monoisotopic (exact) mass is 507 g/mol. The number of carbonyl (C=O) groups excluding carboxylic acids is 1. The van der Waals surface area contributed by atoms with Crippen molar-refractivity contribution in [1.29, 1.82) is 5.26 Å². The first-order chi connectivity index (χ1) is 18.0. The molecule has 0 atom stereocenters. The van der Waals surface area contributed by atoms with Crippen LogP contribution < -0.4 is 26.7 Å². The Kier molecular flexibility index (Phi) is 10.6. The van der Waals surface area contributed by atoms with Gasteiger partial charge in [0.05, 0.1) is 17.3 Å². The van der Waals surface area contributed by atoms with E-state index >= 15 is 0 Å². The third kappa shape index (κ3) is 8.42. The van der Waals surface area contributed by atoms with Gasteiger partial charge < -0.3 is 20.8 Å². The van der Waals surface area contributed by atoms with E-state index in [9.17, 15) is 14.0 Å². The molecule has 2 amide bonds. The number of unbranched alkanes of at least 4 members (excludes halogenated alkanes) is 1. The van der Waals surface area contributed by atoms with Crippen LogP contribution in [0.4, 0.5) is 20.8 Å². The number of nitrogens with two attached hydrogens (primary N) is 1. The number of nitrogens with zero attached hydrogens (tertiary/aromatic N) is 3. The number of hydrogen-bond acceptors (Lipinski definition) is 7. The number of H-pyrrole nitrogens is 1. The average Bonchev–Trinajstić information content (AvgIpc) is 2.89. The molecule has 0 spiro atoms. The molecule has 0 radical (unpaired) electrons. The highest BCUT2D eigenvalue weighted by Crippen LogP contribution is 2.24. The number of ether oxygens (including phenoxy) is 1. The van der Waals surface area contributed by atoms with Gasteiger partial charge in [0.15, 0.2) is 0 Å². The normalized spacial score (nSPS) is 10.6. The van der Waals surface area contributed by atoms with Crippen molar-refractivity contribution in [2.45, 2.75) is 25.8 Å². The molecule has 0 saturated carbocycles. The number of amides is 2. The van der Waals surface area contributed by atoms with E-state index in [1.165, 1.54) is 12.3 Å². The van der Waals surface area contributed by atoms with E-state index in [2.05, 4.69) is 31.6 Å². The van der Waals surface area contributed by atoms with Gasteiger partial charge in [-0.05, 0) is 55.7 Å². The topological polar surface area (TPSA) is 149 Å². The van der Waals surface area contributed by atoms with Crippen molar-refractivity contribution in [2.24, 2.45) is 5.73 Å². The molecule has 0 saturated heterocycles. The number of para-hydroxylation sites is 2. The van der Waals surface area contributed by atoms with Gasteiger partial charge in [0.2, 0.25) is 12.8 Å². The number of urea groups is 1. The van der Waals surface area contributed by atoms with Gasteiger partial charge in [0.25, 0.3) is 5.56 Å². The highest BCUT2D eigenvalue weighted by Gasteiger charge is 2.12. The maximum Gasteiger partial charge on any atom is 0.326 e. The number of carbonyl (C=O) groups is 1. The minimum absolute atomic E-state index is 0.0420. The molecule has 0 aliphatic heterocycles.